The number of hydrogen-bond donors (Lipinski definition) is 3. The Morgan fingerprint density at radius 2 is 1.89 bits per heavy atom. The summed E-state index contributed by atoms with van der Waals surface area (Å²) in [7, 11) is 1.74. The number of aryl methyl sites for hydroxylation is 2. The first-order chi connectivity index (χ1) is 12.5. The highest BCUT2D eigenvalue weighted by Crippen LogP contribution is 2.11. The van der Waals surface area contributed by atoms with E-state index in [9.17, 15) is 4.79 Å². The summed E-state index contributed by atoms with van der Waals surface area (Å²) in [5.74, 6) is 0.721. The van der Waals surface area contributed by atoms with Crippen molar-refractivity contribution in [1.29, 1.82) is 0 Å². The number of carbonyl (C=O) groups is 1. The maximum atomic E-state index is 11.9. The number of nitrogens with zero attached hydrogens (tertiary/aromatic N) is 2. The van der Waals surface area contributed by atoms with Crippen molar-refractivity contribution in [2.45, 2.75) is 71.9 Å². The van der Waals surface area contributed by atoms with E-state index in [1.807, 2.05) is 41.5 Å². The summed E-state index contributed by atoms with van der Waals surface area (Å²) >= 11 is 1.72. The minimum Gasteiger partial charge on any atom is -0.444 e. The smallest absolute Gasteiger partial charge is 0.408 e. The molecule has 0 aliphatic heterocycles. The molecule has 0 aromatic carbocycles. The molecule has 0 unspecified atom stereocenters. The van der Waals surface area contributed by atoms with Crippen LogP contribution in [0.3, 0.4) is 0 Å². The van der Waals surface area contributed by atoms with Crippen LogP contribution in [-0.4, -0.2) is 48.3 Å². The Morgan fingerprint density at radius 3 is 2.43 bits per heavy atom. The van der Waals surface area contributed by atoms with Crippen molar-refractivity contribution in [3.63, 3.8) is 0 Å². The summed E-state index contributed by atoms with van der Waals surface area (Å²) < 4.78 is 5.31. The molecule has 1 heterocycles. The standard InChI is InChI=1S/C19H35N5O2S.HI/c1-14-12-27-15(23-14)10-8-9-11-21-16(20-7)22-13-19(5,6)24-17(25)26-18(2,3)4;/h12H,8-11,13H2,1-7H3,(H,24,25)(H2,20,21,22);1H. The van der Waals surface area contributed by atoms with E-state index in [0.29, 0.717) is 6.54 Å². The van der Waals surface area contributed by atoms with E-state index in [1.165, 1.54) is 5.01 Å². The molecule has 28 heavy (non-hydrogen) atoms. The molecule has 3 N–H and O–H groups in total. The highest BCUT2D eigenvalue weighted by molar-refractivity contribution is 14.0. The lowest BCUT2D eigenvalue weighted by Gasteiger charge is -2.29. The third-order valence-corrected chi connectivity index (χ3v) is 4.56. The Labute approximate surface area is 190 Å². The number of halogens is 1. The number of ether oxygens (including phenoxy) is 1. The van der Waals surface area contributed by atoms with Gasteiger partial charge in [-0.05, 0) is 60.8 Å². The predicted octanol–water partition coefficient (Wildman–Crippen LogP) is 3.86. The molecule has 0 fully saturated rings. The van der Waals surface area contributed by atoms with Gasteiger partial charge in [0.2, 0.25) is 0 Å². The molecule has 1 aromatic rings. The molecule has 0 aliphatic carbocycles. The van der Waals surface area contributed by atoms with Gasteiger partial charge in [0.05, 0.1) is 10.5 Å². The molecule has 1 rings (SSSR count). The first-order valence-electron chi connectivity index (χ1n) is 9.37. The minimum absolute atomic E-state index is 0. The van der Waals surface area contributed by atoms with Gasteiger partial charge in [0.25, 0.3) is 0 Å². The van der Waals surface area contributed by atoms with Gasteiger partial charge in [0.1, 0.15) is 5.60 Å². The molecule has 9 heteroatoms. The van der Waals surface area contributed by atoms with E-state index in [0.717, 1.165) is 37.5 Å². The lowest BCUT2D eigenvalue weighted by Crippen LogP contribution is -2.54. The summed E-state index contributed by atoms with van der Waals surface area (Å²) in [6.07, 6.45) is 2.72. The van der Waals surface area contributed by atoms with Gasteiger partial charge in [-0.25, -0.2) is 9.78 Å². The monoisotopic (exact) mass is 525 g/mol. The second-order valence-electron chi connectivity index (χ2n) is 8.20. The van der Waals surface area contributed by atoms with Gasteiger partial charge in [0.15, 0.2) is 5.96 Å². The molecule has 0 radical (unpaired) electrons. The van der Waals surface area contributed by atoms with E-state index in [2.05, 4.69) is 31.3 Å². The first kappa shape index (κ1) is 26.9. The van der Waals surface area contributed by atoms with Crippen molar-refractivity contribution < 1.29 is 9.53 Å². The first-order valence-corrected chi connectivity index (χ1v) is 10.3. The van der Waals surface area contributed by atoms with E-state index in [-0.39, 0.29) is 24.0 Å². The number of thiazole rings is 1. The van der Waals surface area contributed by atoms with Crippen LogP contribution in [0.5, 0.6) is 0 Å². The quantitative estimate of drug-likeness (QED) is 0.208. The zero-order valence-electron chi connectivity index (χ0n) is 18.1. The fourth-order valence-electron chi connectivity index (χ4n) is 2.27. The summed E-state index contributed by atoms with van der Waals surface area (Å²) in [5, 5.41) is 12.7. The average Bonchev–Trinajstić information content (AvgIpc) is 2.92. The number of aliphatic imine (C=N–C) groups is 1. The predicted molar refractivity (Wildman–Crippen MR) is 128 cm³/mol. The van der Waals surface area contributed by atoms with Gasteiger partial charge in [-0.15, -0.1) is 35.3 Å². The summed E-state index contributed by atoms with van der Waals surface area (Å²) in [6, 6.07) is 0. The topological polar surface area (TPSA) is 87.6 Å². The normalized spacial score (nSPS) is 12.2. The van der Waals surface area contributed by atoms with Crippen molar-refractivity contribution in [3.05, 3.63) is 16.1 Å². The number of alkyl carbamates (subject to hydrolysis) is 1. The second kappa shape index (κ2) is 12.5. The van der Waals surface area contributed by atoms with Crippen LogP contribution >= 0.6 is 35.3 Å². The minimum atomic E-state index is -0.511. The van der Waals surface area contributed by atoms with Crippen molar-refractivity contribution in [1.82, 2.24) is 20.9 Å². The van der Waals surface area contributed by atoms with E-state index < -0.39 is 17.2 Å². The van der Waals surface area contributed by atoms with Gasteiger partial charge < -0.3 is 20.7 Å². The van der Waals surface area contributed by atoms with Crippen LogP contribution in [-0.2, 0) is 11.2 Å². The fraction of sp³-hybridized carbons (Fsp3) is 0.737. The second-order valence-corrected chi connectivity index (χ2v) is 9.15. The van der Waals surface area contributed by atoms with Gasteiger partial charge in [-0.3, -0.25) is 4.99 Å². The number of guanidine groups is 1. The third-order valence-electron chi connectivity index (χ3n) is 3.54. The molecule has 1 amide bonds. The van der Waals surface area contributed by atoms with Crippen LogP contribution in [0.4, 0.5) is 4.79 Å². The molecule has 0 spiro atoms. The number of rotatable bonds is 8. The molecule has 0 saturated heterocycles. The van der Waals surface area contributed by atoms with Crippen LogP contribution < -0.4 is 16.0 Å². The number of carbonyl (C=O) groups excluding carboxylic acids is 1. The largest absolute Gasteiger partial charge is 0.444 e. The highest BCUT2D eigenvalue weighted by Gasteiger charge is 2.24. The molecule has 0 saturated carbocycles. The van der Waals surface area contributed by atoms with E-state index >= 15 is 0 Å². The van der Waals surface area contributed by atoms with Crippen molar-refractivity contribution in [3.8, 4) is 0 Å². The Morgan fingerprint density at radius 1 is 1.21 bits per heavy atom. The zero-order valence-corrected chi connectivity index (χ0v) is 21.3. The summed E-state index contributed by atoms with van der Waals surface area (Å²) in [4.78, 5) is 20.6. The Kier molecular flexibility index (Phi) is 12.0. The summed E-state index contributed by atoms with van der Waals surface area (Å²) in [6.45, 7) is 12.8. The number of amides is 1. The maximum absolute atomic E-state index is 11.9. The maximum Gasteiger partial charge on any atom is 0.408 e. The van der Waals surface area contributed by atoms with E-state index in [4.69, 9.17) is 4.74 Å². The fourth-order valence-corrected chi connectivity index (χ4v) is 3.09. The number of hydrogen-bond acceptors (Lipinski definition) is 5. The van der Waals surface area contributed by atoms with Crippen molar-refractivity contribution >= 4 is 47.4 Å². The number of nitrogens with one attached hydrogen (secondary N) is 3. The van der Waals surface area contributed by atoms with Crippen molar-refractivity contribution in [2.75, 3.05) is 20.1 Å². The van der Waals surface area contributed by atoms with Crippen LogP contribution in [0, 0.1) is 6.92 Å². The summed E-state index contributed by atoms with van der Waals surface area (Å²) in [5.41, 5.74) is 0.117. The molecule has 0 aliphatic rings. The molecular formula is C19H36IN5O2S. The highest BCUT2D eigenvalue weighted by atomic mass is 127. The zero-order chi connectivity index (χ0) is 20.5. The molecule has 7 nitrogen and oxygen atoms in total. The van der Waals surface area contributed by atoms with Gasteiger partial charge in [0, 0.05) is 31.2 Å². The lowest BCUT2D eigenvalue weighted by atomic mass is 10.1. The van der Waals surface area contributed by atoms with Crippen LogP contribution in [0.1, 0.15) is 58.2 Å². The van der Waals surface area contributed by atoms with Crippen molar-refractivity contribution in [2.24, 2.45) is 4.99 Å². The van der Waals surface area contributed by atoms with Gasteiger partial charge in [-0.2, -0.15) is 0 Å². The average molecular weight is 526 g/mol. The Bertz CT molecular complexity index is 626. The lowest BCUT2D eigenvalue weighted by molar-refractivity contribution is 0.0474. The van der Waals surface area contributed by atoms with Crippen LogP contribution in [0.15, 0.2) is 10.4 Å². The van der Waals surface area contributed by atoms with Crippen LogP contribution in [0.25, 0.3) is 0 Å². The van der Waals surface area contributed by atoms with Gasteiger partial charge >= 0.3 is 6.09 Å². The molecule has 0 atom stereocenters. The third kappa shape index (κ3) is 12.4. The Balaban J connectivity index is 0.00000729. The van der Waals surface area contributed by atoms with Crippen LogP contribution in [0.2, 0.25) is 0 Å². The Hall–Kier alpha value is -1.10. The molecule has 0 bridgehead atoms. The van der Waals surface area contributed by atoms with E-state index in [1.54, 1.807) is 18.4 Å². The SMILES string of the molecule is CN=C(NCCCCc1nc(C)cs1)NCC(C)(C)NC(=O)OC(C)(C)C.I. The number of aromatic nitrogens is 1. The van der Waals surface area contributed by atoms with Gasteiger partial charge in [-0.1, -0.05) is 0 Å². The molecular weight excluding hydrogens is 489 g/mol. The molecule has 1 aromatic heterocycles. The molecule has 162 valence electrons. The number of unbranched alkanes of at least 4 members (excludes halogenated alkanes) is 1.